The van der Waals surface area contributed by atoms with E-state index in [1.54, 1.807) is 0 Å². The molecule has 1 rings (SSSR count). The molecule has 0 aromatic heterocycles. The number of carbonyl (C=O) groups excluding carboxylic acids is 1. The zero-order valence-corrected chi connectivity index (χ0v) is 17.9. The minimum atomic E-state index is -0.0692. The van der Waals surface area contributed by atoms with Gasteiger partial charge in [-0.3, -0.25) is 4.79 Å². The van der Waals surface area contributed by atoms with Gasteiger partial charge in [-0.2, -0.15) is 0 Å². The summed E-state index contributed by atoms with van der Waals surface area (Å²) in [6, 6.07) is 11.0. The summed E-state index contributed by atoms with van der Waals surface area (Å²) in [6.07, 6.45) is 19.0. The summed E-state index contributed by atoms with van der Waals surface area (Å²) in [4.78, 5) is 11.0. The van der Waals surface area contributed by atoms with E-state index < -0.39 is 0 Å². The molecule has 0 aliphatic rings. The molecule has 0 saturated heterocycles. The Bertz CT molecular complexity index is 455. The molecule has 0 aliphatic heterocycles. The maximum Gasteiger partial charge on any atom is 0.305 e. The van der Waals surface area contributed by atoms with Crippen molar-refractivity contribution in [2.24, 2.45) is 0 Å². The van der Waals surface area contributed by atoms with Gasteiger partial charge >= 0.3 is 5.97 Å². The highest BCUT2D eigenvalue weighted by Gasteiger charge is 2.08. The predicted octanol–water partition coefficient (Wildman–Crippen LogP) is 7.81. The van der Waals surface area contributed by atoms with Crippen molar-refractivity contribution in [2.45, 2.75) is 109 Å². The van der Waals surface area contributed by atoms with Crippen molar-refractivity contribution in [1.82, 2.24) is 0 Å². The molecule has 0 spiro atoms. The zero-order chi connectivity index (χ0) is 19.6. The fraction of sp³-hybridized carbons (Fsp3) is 0.720. The predicted molar refractivity (Wildman–Crippen MR) is 116 cm³/mol. The Kier molecular flexibility index (Phi) is 14.8. The summed E-state index contributed by atoms with van der Waals surface area (Å²) < 4.78 is 4.66. The van der Waals surface area contributed by atoms with Crippen LogP contribution in [0.15, 0.2) is 30.3 Å². The minimum Gasteiger partial charge on any atom is -0.469 e. The summed E-state index contributed by atoms with van der Waals surface area (Å²) in [6.45, 7) is 2.32. The summed E-state index contributed by atoms with van der Waals surface area (Å²) in [5, 5.41) is 0. The van der Waals surface area contributed by atoms with Crippen LogP contribution in [-0.4, -0.2) is 13.1 Å². The molecule has 1 aromatic carbocycles. The van der Waals surface area contributed by atoms with Crippen LogP contribution in [0.4, 0.5) is 0 Å². The number of rotatable bonds is 17. The molecule has 2 heteroatoms. The highest BCUT2D eigenvalue weighted by Crippen LogP contribution is 2.25. The van der Waals surface area contributed by atoms with Crippen molar-refractivity contribution >= 4 is 5.97 Å². The van der Waals surface area contributed by atoms with E-state index in [1.807, 2.05) is 0 Å². The second kappa shape index (κ2) is 16.8. The zero-order valence-electron chi connectivity index (χ0n) is 17.9. The normalized spacial score (nSPS) is 12.1. The molecule has 0 N–H and O–H groups in total. The molecule has 0 radical (unpaired) electrons. The number of esters is 1. The van der Waals surface area contributed by atoms with Crippen molar-refractivity contribution in [1.29, 1.82) is 0 Å². The van der Waals surface area contributed by atoms with Crippen LogP contribution in [0, 0.1) is 0 Å². The van der Waals surface area contributed by atoms with E-state index in [4.69, 9.17) is 0 Å². The number of hydrogen-bond acceptors (Lipinski definition) is 2. The van der Waals surface area contributed by atoms with Gasteiger partial charge in [0.25, 0.3) is 0 Å². The molecule has 0 fully saturated rings. The third-order valence-corrected chi connectivity index (χ3v) is 5.67. The third kappa shape index (κ3) is 12.7. The molecule has 0 heterocycles. The molecule has 0 saturated carbocycles. The molecule has 154 valence electrons. The fourth-order valence-electron chi connectivity index (χ4n) is 3.86. The minimum absolute atomic E-state index is 0.0692. The second-order valence-electron chi connectivity index (χ2n) is 7.87. The summed E-state index contributed by atoms with van der Waals surface area (Å²) in [7, 11) is 1.47. The number of ether oxygens (including phenoxy) is 1. The van der Waals surface area contributed by atoms with E-state index in [0.29, 0.717) is 6.42 Å². The lowest BCUT2D eigenvalue weighted by atomic mass is 9.91. The maximum atomic E-state index is 11.0. The maximum absolute atomic E-state index is 11.0. The summed E-state index contributed by atoms with van der Waals surface area (Å²) in [5.41, 5.74) is 1.52. The Morgan fingerprint density at radius 1 is 0.778 bits per heavy atom. The van der Waals surface area contributed by atoms with E-state index in [1.165, 1.54) is 89.7 Å². The van der Waals surface area contributed by atoms with Crippen LogP contribution in [-0.2, 0) is 9.53 Å². The van der Waals surface area contributed by atoms with Gasteiger partial charge < -0.3 is 4.74 Å². The smallest absolute Gasteiger partial charge is 0.305 e. The van der Waals surface area contributed by atoms with E-state index in [2.05, 4.69) is 42.0 Å². The van der Waals surface area contributed by atoms with Crippen LogP contribution in [0.3, 0.4) is 0 Å². The lowest BCUT2D eigenvalue weighted by Crippen LogP contribution is -1.99. The van der Waals surface area contributed by atoms with Gasteiger partial charge in [0, 0.05) is 6.42 Å². The van der Waals surface area contributed by atoms with E-state index in [-0.39, 0.29) is 5.97 Å². The van der Waals surface area contributed by atoms with Crippen LogP contribution in [0.1, 0.15) is 115 Å². The van der Waals surface area contributed by atoms with E-state index in [9.17, 15) is 4.79 Å². The van der Waals surface area contributed by atoms with Gasteiger partial charge in [0.05, 0.1) is 7.11 Å². The first-order valence-electron chi connectivity index (χ1n) is 11.4. The molecule has 0 bridgehead atoms. The topological polar surface area (TPSA) is 26.3 Å². The average Bonchev–Trinajstić information content (AvgIpc) is 2.71. The molecule has 0 aliphatic carbocycles. The van der Waals surface area contributed by atoms with Gasteiger partial charge in [-0.1, -0.05) is 108 Å². The van der Waals surface area contributed by atoms with Gasteiger partial charge in [-0.05, 0) is 30.7 Å². The SMILES string of the molecule is CCC(CCCCCCCCCCCCCCC(=O)OC)c1ccccc1. The summed E-state index contributed by atoms with van der Waals surface area (Å²) >= 11 is 0. The van der Waals surface area contributed by atoms with Crippen molar-refractivity contribution in [3.8, 4) is 0 Å². The highest BCUT2D eigenvalue weighted by molar-refractivity contribution is 5.68. The van der Waals surface area contributed by atoms with Crippen LogP contribution in [0.25, 0.3) is 0 Å². The van der Waals surface area contributed by atoms with Crippen LogP contribution in [0.5, 0.6) is 0 Å². The first-order valence-corrected chi connectivity index (χ1v) is 11.4. The first-order chi connectivity index (χ1) is 13.3. The molecule has 27 heavy (non-hydrogen) atoms. The molecule has 1 atom stereocenters. The summed E-state index contributed by atoms with van der Waals surface area (Å²) in [5.74, 6) is 0.680. The van der Waals surface area contributed by atoms with Gasteiger partial charge in [0.1, 0.15) is 0 Å². The van der Waals surface area contributed by atoms with Crippen molar-refractivity contribution in [2.75, 3.05) is 7.11 Å². The van der Waals surface area contributed by atoms with E-state index >= 15 is 0 Å². The lowest BCUT2D eigenvalue weighted by Gasteiger charge is -2.15. The average molecular weight is 375 g/mol. The van der Waals surface area contributed by atoms with Gasteiger partial charge in [-0.25, -0.2) is 0 Å². The quantitative estimate of drug-likeness (QED) is 0.205. The van der Waals surface area contributed by atoms with Crippen LogP contribution in [0.2, 0.25) is 0 Å². The lowest BCUT2D eigenvalue weighted by molar-refractivity contribution is -0.140. The van der Waals surface area contributed by atoms with Gasteiger partial charge in [0.15, 0.2) is 0 Å². The number of carbonyl (C=O) groups is 1. The van der Waals surface area contributed by atoms with Crippen molar-refractivity contribution < 1.29 is 9.53 Å². The van der Waals surface area contributed by atoms with E-state index in [0.717, 1.165) is 18.8 Å². The van der Waals surface area contributed by atoms with Crippen molar-refractivity contribution in [3.63, 3.8) is 0 Å². The Labute approximate surface area is 168 Å². The number of unbranched alkanes of at least 4 members (excludes halogenated alkanes) is 11. The second-order valence-corrected chi connectivity index (χ2v) is 7.87. The molecular weight excluding hydrogens is 332 g/mol. The van der Waals surface area contributed by atoms with Crippen molar-refractivity contribution in [3.05, 3.63) is 35.9 Å². The standard InChI is InChI=1S/C25H42O2/c1-3-23(24-20-16-14-17-21-24)19-15-12-10-8-6-4-5-7-9-11-13-18-22-25(26)27-2/h14,16-17,20-21,23H,3-13,15,18-19,22H2,1-2H3. The number of hydrogen-bond donors (Lipinski definition) is 0. The molecule has 1 unspecified atom stereocenters. The number of methoxy groups -OCH3 is 1. The van der Waals surface area contributed by atoms with Gasteiger partial charge in [0.2, 0.25) is 0 Å². The monoisotopic (exact) mass is 374 g/mol. The Hall–Kier alpha value is -1.31. The Morgan fingerprint density at radius 2 is 1.26 bits per heavy atom. The Morgan fingerprint density at radius 3 is 1.74 bits per heavy atom. The molecule has 2 nitrogen and oxygen atoms in total. The first kappa shape index (κ1) is 23.7. The number of benzene rings is 1. The highest BCUT2D eigenvalue weighted by atomic mass is 16.5. The molecule has 1 aromatic rings. The Balaban J connectivity index is 1.84. The van der Waals surface area contributed by atoms with Crippen LogP contribution >= 0.6 is 0 Å². The van der Waals surface area contributed by atoms with Gasteiger partial charge in [-0.15, -0.1) is 0 Å². The third-order valence-electron chi connectivity index (χ3n) is 5.67. The molecule has 0 amide bonds. The molecular formula is C25H42O2. The fourth-order valence-corrected chi connectivity index (χ4v) is 3.86. The van der Waals surface area contributed by atoms with Crippen LogP contribution < -0.4 is 0 Å². The largest absolute Gasteiger partial charge is 0.469 e.